The van der Waals surface area contributed by atoms with E-state index >= 15 is 0 Å². The number of rotatable bonds is 10. The maximum absolute atomic E-state index is 14.6. The van der Waals surface area contributed by atoms with Crippen LogP contribution < -0.4 is 36.6 Å². The molecule has 0 amide bonds. The smallest absolute Gasteiger partial charge is 0.489 e. The van der Waals surface area contributed by atoms with Crippen molar-refractivity contribution in [3.63, 3.8) is 0 Å². The van der Waals surface area contributed by atoms with Crippen LogP contribution in [0.2, 0.25) is 0 Å². The van der Waals surface area contributed by atoms with Crippen LogP contribution in [0.25, 0.3) is 32.7 Å². The number of carbonyl (C=O) groups is 1. The fraction of sp³-hybridized carbons (Fsp3) is 0.0625. The Morgan fingerprint density at radius 3 is 1.69 bits per heavy atom. The molecule has 11 heteroatoms. The van der Waals surface area contributed by atoms with Crippen LogP contribution in [-0.4, -0.2) is 5.97 Å². The molecule has 0 atom stereocenters. The predicted molar refractivity (Wildman–Crippen MR) is 231 cm³/mol. The quantitative estimate of drug-likeness (QED) is 0.0760. The lowest BCUT2D eigenvalue weighted by Gasteiger charge is -2.22. The Morgan fingerprint density at radius 2 is 1.07 bits per heavy atom. The van der Waals surface area contributed by atoms with Crippen molar-refractivity contribution in [2.24, 2.45) is 0 Å². The summed E-state index contributed by atoms with van der Waals surface area (Å²) in [4.78, 5) is 14.6. The highest BCUT2D eigenvalue weighted by molar-refractivity contribution is 7.43. The van der Waals surface area contributed by atoms with Crippen LogP contribution in [0.5, 0.6) is 46.0 Å². The Bertz CT molecular complexity index is 2780. The van der Waals surface area contributed by atoms with Crippen molar-refractivity contribution in [2.75, 3.05) is 0 Å². The molecule has 0 saturated heterocycles. The molecule has 2 aliphatic rings. The summed E-state index contributed by atoms with van der Waals surface area (Å²) in [6, 6.07) is 51.3. The van der Waals surface area contributed by atoms with Crippen molar-refractivity contribution in [3.05, 3.63) is 180 Å². The lowest BCUT2D eigenvalue weighted by atomic mass is 9.90. The van der Waals surface area contributed by atoms with E-state index in [0.717, 1.165) is 27.1 Å². The van der Waals surface area contributed by atoms with E-state index in [2.05, 4.69) is 12.1 Å². The van der Waals surface area contributed by atoms with Gasteiger partial charge >= 0.3 is 23.2 Å². The molecule has 0 fully saturated rings. The van der Waals surface area contributed by atoms with Crippen molar-refractivity contribution in [2.45, 2.75) is 21.0 Å². The predicted octanol–water partition coefficient (Wildman–Crippen LogP) is 13.6. The largest absolute Gasteiger partial charge is 0.530 e. The fourth-order valence-electron chi connectivity index (χ4n) is 6.82. The molecule has 0 unspecified atom stereocenters. The maximum Gasteiger partial charge on any atom is 0.530 e. The Kier molecular flexibility index (Phi) is 10.4. The van der Waals surface area contributed by atoms with Gasteiger partial charge in [-0.3, -0.25) is 0 Å². The summed E-state index contributed by atoms with van der Waals surface area (Å²) >= 11 is 0. The Hall–Kier alpha value is -6.79. The van der Waals surface area contributed by atoms with Crippen LogP contribution in [0.1, 0.15) is 28.9 Å². The summed E-state index contributed by atoms with van der Waals surface area (Å²) in [5, 5.41) is 3.35. The zero-order chi connectivity index (χ0) is 39.0. The first-order valence-electron chi connectivity index (χ1n) is 18.5. The van der Waals surface area contributed by atoms with E-state index in [-0.39, 0.29) is 18.7 Å². The van der Waals surface area contributed by atoms with Gasteiger partial charge < -0.3 is 36.6 Å². The molecular formula is C48H36O9P2. The van der Waals surface area contributed by atoms with Crippen molar-refractivity contribution >= 4 is 44.7 Å². The van der Waals surface area contributed by atoms with Crippen LogP contribution in [0.3, 0.4) is 0 Å². The number of para-hydroxylation sites is 4. The molecule has 0 aromatic heterocycles. The van der Waals surface area contributed by atoms with Gasteiger partial charge in [0.25, 0.3) is 0 Å². The van der Waals surface area contributed by atoms with Crippen LogP contribution in [0.15, 0.2) is 164 Å². The highest BCUT2D eigenvalue weighted by atomic mass is 31.2. The van der Waals surface area contributed by atoms with E-state index in [9.17, 15) is 4.79 Å². The highest BCUT2D eigenvalue weighted by Gasteiger charge is 2.36. The number of hydrogen-bond acceptors (Lipinski definition) is 9. The third kappa shape index (κ3) is 7.66. The second kappa shape index (κ2) is 16.2. The number of aryl methyl sites for hydroxylation is 1. The minimum Gasteiger partial charge on any atom is -0.489 e. The molecule has 8 aromatic rings. The Balaban J connectivity index is 0.00000449. The Labute approximate surface area is 343 Å². The van der Waals surface area contributed by atoms with E-state index < -0.39 is 23.2 Å². The van der Waals surface area contributed by atoms with Gasteiger partial charge in [0.1, 0.15) is 29.4 Å². The first-order chi connectivity index (χ1) is 28.5. The monoisotopic (exact) mass is 818 g/mol. The van der Waals surface area contributed by atoms with Gasteiger partial charge in [-0.05, 0) is 94.7 Å². The molecule has 2 aliphatic heterocycles. The van der Waals surface area contributed by atoms with E-state index in [1.165, 1.54) is 5.56 Å². The molecule has 0 N–H and O–H groups in total. The molecule has 0 radical (unpaired) electrons. The van der Waals surface area contributed by atoms with E-state index in [1.54, 1.807) is 30.3 Å². The second-order valence-corrected chi connectivity index (χ2v) is 15.5. The SMILES string of the molecule is C.Cc1ccc(COc2ccc(OC(=O)c3cc4ccccc4c(-c4c(OP5Oc6ccccc6O5)ccc5ccccc45)c3OP3Oc4ccccc4O3)cc2)cc1. The number of fused-ring (bicyclic) bond motifs is 4. The number of benzene rings is 8. The summed E-state index contributed by atoms with van der Waals surface area (Å²) in [6.45, 7) is 2.45. The molecule has 292 valence electrons. The number of hydrogen-bond donors (Lipinski definition) is 0. The molecule has 0 saturated carbocycles. The average Bonchev–Trinajstić information content (AvgIpc) is 3.87. The molecule has 0 aliphatic carbocycles. The van der Waals surface area contributed by atoms with Gasteiger partial charge in [0, 0.05) is 11.1 Å². The van der Waals surface area contributed by atoms with Gasteiger partial charge in [-0.1, -0.05) is 116 Å². The van der Waals surface area contributed by atoms with E-state index in [0.29, 0.717) is 58.0 Å². The van der Waals surface area contributed by atoms with Crippen molar-refractivity contribution in [1.29, 1.82) is 0 Å². The fourth-order valence-corrected chi connectivity index (χ4v) is 8.94. The molecule has 0 bridgehead atoms. The highest BCUT2D eigenvalue weighted by Crippen LogP contribution is 2.58. The summed E-state index contributed by atoms with van der Waals surface area (Å²) < 4.78 is 50.1. The normalized spacial score (nSPS) is 12.9. The zero-order valence-electron chi connectivity index (χ0n) is 30.9. The zero-order valence-corrected chi connectivity index (χ0v) is 32.7. The van der Waals surface area contributed by atoms with Crippen LogP contribution >= 0.6 is 17.2 Å². The van der Waals surface area contributed by atoms with Gasteiger partial charge in [-0.25, -0.2) is 4.79 Å². The van der Waals surface area contributed by atoms with Crippen LogP contribution in [0.4, 0.5) is 0 Å². The minimum atomic E-state index is -2.05. The molecule has 2 heterocycles. The van der Waals surface area contributed by atoms with Gasteiger partial charge in [-0.2, -0.15) is 0 Å². The third-order valence-corrected chi connectivity index (χ3v) is 11.7. The number of carbonyl (C=O) groups excluding carboxylic acids is 1. The summed E-state index contributed by atoms with van der Waals surface area (Å²) in [5.74, 6) is 3.25. The van der Waals surface area contributed by atoms with Gasteiger partial charge in [0.15, 0.2) is 28.7 Å². The first kappa shape index (κ1) is 37.8. The molecule has 0 spiro atoms. The molecule has 10 rings (SSSR count). The molecule has 59 heavy (non-hydrogen) atoms. The lowest BCUT2D eigenvalue weighted by Crippen LogP contribution is -2.12. The Morgan fingerprint density at radius 1 is 0.542 bits per heavy atom. The van der Waals surface area contributed by atoms with E-state index in [1.807, 2.05) is 128 Å². The molecular weight excluding hydrogens is 782 g/mol. The van der Waals surface area contributed by atoms with Crippen molar-refractivity contribution < 1.29 is 41.4 Å². The summed E-state index contributed by atoms with van der Waals surface area (Å²) in [6.07, 6.45) is 0. The van der Waals surface area contributed by atoms with Crippen molar-refractivity contribution in [3.8, 4) is 57.1 Å². The first-order valence-corrected chi connectivity index (χ1v) is 20.7. The van der Waals surface area contributed by atoms with E-state index in [4.69, 9.17) is 36.6 Å². The standard InChI is InChI=1S/C47H32O9P2.CH4/c1-30-18-20-31(21-19-30)29-49-34-23-25-35(26-24-34)50-47(48)38-28-33-11-3-5-13-37(33)45(46(38)56-58-53-41-16-8-9-17-42(41)54-58)44-36-12-4-2-10-32(36)22-27-43(44)55-57-51-39-14-6-7-15-40(39)52-57;/h2-28H,29H2,1H3;1H4. The summed E-state index contributed by atoms with van der Waals surface area (Å²) in [7, 11) is -3.92. The van der Waals surface area contributed by atoms with Gasteiger partial charge in [0.05, 0.1) is 0 Å². The minimum absolute atomic E-state index is 0. The number of ether oxygens (including phenoxy) is 2. The lowest BCUT2D eigenvalue weighted by molar-refractivity contribution is 0.0733. The summed E-state index contributed by atoms with van der Waals surface area (Å²) in [5.41, 5.74) is 3.63. The van der Waals surface area contributed by atoms with Crippen LogP contribution in [0, 0.1) is 6.92 Å². The third-order valence-electron chi connectivity index (χ3n) is 9.65. The van der Waals surface area contributed by atoms with Gasteiger partial charge in [0.2, 0.25) is 0 Å². The number of esters is 1. The van der Waals surface area contributed by atoms with Gasteiger partial charge in [-0.15, -0.1) is 0 Å². The molecule has 9 nitrogen and oxygen atoms in total. The topological polar surface area (TPSA) is 90.9 Å². The van der Waals surface area contributed by atoms with Crippen molar-refractivity contribution in [1.82, 2.24) is 0 Å². The second-order valence-electron chi connectivity index (χ2n) is 13.5. The van der Waals surface area contributed by atoms with Crippen LogP contribution in [-0.2, 0) is 6.61 Å². The average molecular weight is 819 g/mol. The maximum atomic E-state index is 14.6. The molecule has 8 aromatic carbocycles.